The highest BCUT2D eigenvalue weighted by molar-refractivity contribution is 7.90. The summed E-state index contributed by atoms with van der Waals surface area (Å²) in [6.07, 6.45) is 0.162. The Morgan fingerprint density at radius 1 is 1.18 bits per heavy atom. The zero-order chi connectivity index (χ0) is 13.9. The van der Waals surface area contributed by atoms with Gasteiger partial charge in [-0.05, 0) is 34.6 Å². The van der Waals surface area contributed by atoms with Crippen molar-refractivity contribution in [1.82, 2.24) is 4.72 Å². The van der Waals surface area contributed by atoms with Crippen molar-refractivity contribution in [3.05, 3.63) is 0 Å². The van der Waals surface area contributed by atoms with E-state index < -0.39 is 24.5 Å². The summed E-state index contributed by atoms with van der Waals surface area (Å²) in [5, 5.41) is 0. The van der Waals surface area contributed by atoms with Crippen molar-refractivity contribution in [1.29, 1.82) is 0 Å². The second-order valence-electron chi connectivity index (χ2n) is 5.50. The fraction of sp³-hybridized carbons (Fsp3) is 1.00. The molecule has 17 heavy (non-hydrogen) atoms. The Labute approximate surface area is 107 Å². The molecule has 1 N–H and O–H groups in total. The van der Waals surface area contributed by atoms with Gasteiger partial charge in [0.05, 0.1) is 11.7 Å². The Hall–Kier alpha value is 0.420. The molecular formula is C10H24NO4PS. The third kappa shape index (κ3) is 6.22. The van der Waals surface area contributed by atoms with Crippen molar-refractivity contribution >= 4 is 19.0 Å². The molecule has 0 saturated carbocycles. The molecule has 0 unspecified atom stereocenters. The van der Waals surface area contributed by atoms with Crippen LogP contribution in [0.4, 0.5) is 0 Å². The molecule has 0 bridgehead atoms. The third-order valence-corrected chi connectivity index (χ3v) is 6.21. The van der Waals surface area contributed by atoms with Gasteiger partial charge in [0.15, 0.2) is 0 Å². The van der Waals surface area contributed by atoms with Crippen LogP contribution < -0.4 is 4.72 Å². The van der Waals surface area contributed by atoms with Crippen molar-refractivity contribution in [3.8, 4) is 0 Å². The number of rotatable bonds is 6. The summed E-state index contributed by atoms with van der Waals surface area (Å²) in [5.74, 6) is 0. The molecule has 0 fully saturated rings. The first-order valence-electron chi connectivity index (χ1n) is 5.36. The molecule has 7 heteroatoms. The van der Waals surface area contributed by atoms with Crippen molar-refractivity contribution in [2.45, 2.75) is 44.9 Å². The highest BCUT2D eigenvalue weighted by Gasteiger charge is 2.38. The minimum atomic E-state index is -3.11. The molecule has 0 aromatic rings. The van der Waals surface area contributed by atoms with Crippen LogP contribution in [0.15, 0.2) is 0 Å². The Morgan fingerprint density at radius 2 is 1.59 bits per heavy atom. The first kappa shape index (κ1) is 17.4. The predicted molar refractivity (Wildman–Crippen MR) is 71.6 cm³/mol. The van der Waals surface area contributed by atoms with E-state index in [0.29, 0.717) is 0 Å². The molecule has 0 aliphatic rings. The van der Waals surface area contributed by atoms with Gasteiger partial charge in [-0.1, -0.05) is 0 Å². The minimum Gasteiger partial charge on any atom is -0.598 e. The molecular weight excluding hydrogens is 261 g/mol. The van der Waals surface area contributed by atoms with Crippen molar-refractivity contribution in [2.24, 2.45) is 0 Å². The molecule has 0 radical (unpaired) electrons. The topological polar surface area (TPSA) is 70.6 Å². The molecule has 5 nitrogen and oxygen atoms in total. The molecule has 0 aromatic heterocycles. The lowest BCUT2D eigenvalue weighted by atomic mass is 10.1. The average molecular weight is 285 g/mol. The summed E-state index contributed by atoms with van der Waals surface area (Å²) >= 11 is -1.23. The van der Waals surface area contributed by atoms with Gasteiger partial charge in [-0.25, -0.2) is 0 Å². The quantitative estimate of drug-likeness (QED) is 0.599. The maximum Gasteiger partial charge on any atom is 0.332 e. The van der Waals surface area contributed by atoms with Crippen LogP contribution in [0.25, 0.3) is 0 Å². The molecule has 0 aromatic carbocycles. The van der Waals surface area contributed by atoms with Gasteiger partial charge in [-0.3, -0.25) is 4.57 Å². The summed E-state index contributed by atoms with van der Waals surface area (Å²) in [4.78, 5) is 0. The zero-order valence-corrected chi connectivity index (χ0v) is 13.4. The molecule has 0 aliphatic carbocycles. The first-order valence-corrected chi connectivity index (χ1v) is 8.24. The van der Waals surface area contributed by atoms with Crippen molar-refractivity contribution in [2.75, 3.05) is 20.4 Å². The number of hydrogen-bond donors (Lipinski definition) is 1. The molecule has 0 amide bonds. The van der Waals surface area contributed by atoms with Crippen LogP contribution in [0.3, 0.4) is 0 Å². The predicted octanol–water partition coefficient (Wildman–Crippen LogP) is 2.30. The van der Waals surface area contributed by atoms with Gasteiger partial charge in [0.25, 0.3) is 0 Å². The SMILES string of the molecule is COP(=O)(CC(C)(C)N[S@@+]([O-])C(C)(C)C)OC. The third-order valence-electron chi connectivity index (χ3n) is 2.07. The van der Waals surface area contributed by atoms with Crippen LogP contribution in [-0.4, -0.2) is 35.2 Å². The highest BCUT2D eigenvalue weighted by atomic mass is 32.2. The standard InChI is InChI=1S/C10H24NO4PS/c1-9(2,3)17(13)11-10(4,5)8-16(12,14-6)15-7/h11H,8H2,1-7H3/t17-/m0/s1. The Balaban J connectivity index is 4.65. The molecule has 0 rings (SSSR count). The van der Waals surface area contributed by atoms with E-state index in [4.69, 9.17) is 9.05 Å². The van der Waals surface area contributed by atoms with Gasteiger partial charge < -0.3 is 13.6 Å². The first-order chi connectivity index (χ1) is 7.46. The van der Waals surface area contributed by atoms with Gasteiger partial charge in [0, 0.05) is 25.6 Å². The van der Waals surface area contributed by atoms with E-state index >= 15 is 0 Å². The zero-order valence-electron chi connectivity index (χ0n) is 11.7. The van der Waals surface area contributed by atoms with Crippen LogP contribution >= 0.6 is 7.60 Å². The maximum absolute atomic E-state index is 12.0. The Kier molecular flexibility index (Phi) is 6.19. The lowest BCUT2D eigenvalue weighted by molar-refractivity contribution is 0.267. The van der Waals surface area contributed by atoms with E-state index in [1.54, 1.807) is 0 Å². The summed E-state index contributed by atoms with van der Waals surface area (Å²) in [6, 6.07) is 0. The fourth-order valence-electron chi connectivity index (χ4n) is 1.12. The second kappa shape index (κ2) is 6.04. The normalized spacial score (nSPS) is 16.0. The van der Waals surface area contributed by atoms with E-state index in [1.165, 1.54) is 14.2 Å². The van der Waals surface area contributed by atoms with E-state index in [-0.39, 0.29) is 10.9 Å². The number of hydrogen-bond acceptors (Lipinski definition) is 5. The average Bonchev–Trinajstić information content (AvgIpc) is 2.14. The lowest BCUT2D eigenvalue weighted by Crippen LogP contribution is -2.51. The minimum absolute atomic E-state index is 0.162. The summed E-state index contributed by atoms with van der Waals surface area (Å²) in [6.45, 7) is 9.26. The van der Waals surface area contributed by atoms with E-state index in [2.05, 4.69) is 4.72 Å². The van der Waals surface area contributed by atoms with Gasteiger partial charge in [-0.2, -0.15) is 0 Å². The second-order valence-corrected chi connectivity index (χ2v) is 9.74. The van der Waals surface area contributed by atoms with E-state index in [1.807, 2.05) is 34.6 Å². The summed E-state index contributed by atoms with van der Waals surface area (Å²) in [7, 11) is -0.412. The van der Waals surface area contributed by atoms with Crippen LogP contribution in [0.2, 0.25) is 0 Å². The van der Waals surface area contributed by atoms with E-state index in [9.17, 15) is 9.12 Å². The molecule has 0 spiro atoms. The van der Waals surface area contributed by atoms with Crippen molar-refractivity contribution < 1.29 is 18.2 Å². The molecule has 0 saturated heterocycles. The lowest BCUT2D eigenvalue weighted by Gasteiger charge is -2.33. The monoisotopic (exact) mass is 285 g/mol. The summed E-state index contributed by atoms with van der Waals surface area (Å²) in [5.41, 5.74) is -0.598. The largest absolute Gasteiger partial charge is 0.598 e. The molecule has 104 valence electrons. The molecule has 0 heterocycles. The summed E-state index contributed by atoms with van der Waals surface area (Å²) < 4.78 is 36.3. The highest BCUT2D eigenvalue weighted by Crippen LogP contribution is 2.48. The van der Waals surface area contributed by atoms with Gasteiger partial charge in [0.1, 0.15) is 4.75 Å². The van der Waals surface area contributed by atoms with Crippen LogP contribution in [0.1, 0.15) is 34.6 Å². The van der Waals surface area contributed by atoms with Crippen LogP contribution in [-0.2, 0) is 25.0 Å². The van der Waals surface area contributed by atoms with Crippen molar-refractivity contribution in [3.63, 3.8) is 0 Å². The van der Waals surface area contributed by atoms with Gasteiger partial charge in [0.2, 0.25) is 0 Å². The fourth-order valence-corrected chi connectivity index (χ4v) is 3.57. The maximum atomic E-state index is 12.0. The van der Waals surface area contributed by atoms with Crippen LogP contribution in [0.5, 0.6) is 0 Å². The Bertz CT molecular complexity index is 283. The van der Waals surface area contributed by atoms with Gasteiger partial charge in [-0.15, -0.1) is 4.72 Å². The molecule has 1 atom stereocenters. The van der Waals surface area contributed by atoms with Crippen LogP contribution in [0, 0.1) is 0 Å². The van der Waals surface area contributed by atoms with Gasteiger partial charge >= 0.3 is 7.60 Å². The smallest absolute Gasteiger partial charge is 0.332 e. The number of nitrogens with one attached hydrogen (secondary N) is 1. The van der Waals surface area contributed by atoms with E-state index in [0.717, 1.165) is 0 Å². The molecule has 0 aliphatic heterocycles. The Morgan fingerprint density at radius 3 is 1.88 bits per heavy atom.